The second-order valence-electron chi connectivity index (χ2n) is 3.71. The van der Waals surface area contributed by atoms with Crippen LogP contribution >= 0.6 is 0 Å². The smallest absolute Gasteiger partial charge is 0.0656 e. The third kappa shape index (κ3) is 3.92. The molecule has 0 radical (unpaired) electrons. The van der Waals surface area contributed by atoms with Crippen LogP contribution in [0.5, 0.6) is 0 Å². The van der Waals surface area contributed by atoms with Gasteiger partial charge in [-0.3, -0.25) is 0 Å². The van der Waals surface area contributed by atoms with E-state index >= 15 is 0 Å². The molecule has 2 heteroatoms. The van der Waals surface area contributed by atoms with Crippen LogP contribution in [0, 0.1) is 0 Å². The highest BCUT2D eigenvalue weighted by atomic mass is 16.5. The lowest BCUT2D eigenvalue weighted by Gasteiger charge is -2.19. The van der Waals surface area contributed by atoms with Gasteiger partial charge in [0.15, 0.2) is 0 Å². The van der Waals surface area contributed by atoms with Crippen LogP contribution < -0.4 is 5.73 Å². The molecule has 0 saturated carbocycles. The minimum absolute atomic E-state index is 0.145. The van der Waals surface area contributed by atoms with E-state index in [4.69, 9.17) is 10.5 Å². The predicted octanol–water partition coefficient (Wildman–Crippen LogP) is 2.24. The van der Waals surface area contributed by atoms with Crippen LogP contribution in [0.1, 0.15) is 39.0 Å². The number of allylic oxidation sites excluding steroid dienone is 1. The monoisotopic (exact) mass is 183 g/mol. The molecule has 0 aromatic carbocycles. The molecule has 1 rings (SSSR count). The molecular formula is C11H21NO. The SMILES string of the molecule is CCCOCC(N)C1=CCCCC1. The minimum Gasteiger partial charge on any atom is -0.380 e. The van der Waals surface area contributed by atoms with Gasteiger partial charge in [0.05, 0.1) is 6.61 Å². The van der Waals surface area contributed by atoms with Gasteiger partial charge < -0.3 is 10.5 Å². The number of nitrogens with two attached hydrogens (primary N) is 1. The molecule has 0 fully saturated rings. The average molecular weight is 183 g/mol. The molecule has 1 atom stereocenters. The summed E-state index contributed by atoms with van der Waals surface area (Å²) >= 11 is 0. The summed E-state index contributed by atoms with van der Waals surface area (Å²) in [6.07, 6.45) is 8.38. The Morgan fingerprint density at radius 1 is 1.54 bits per heavy atom. The fourth-order valence-electron chi connectivity index (χ4n) is 1.66. The van der Waals surface area contributed by atoms with E-state index in [9.17, 15) is 0 Å². The standard InChI is InChI=1S/C11H21NO/c1-2-8-13-9-11(12)10-6-4-3-5-7-10/h6,11H,2-5,7-9,12H2,1H3. The van der Waals surface area contributed by atoms with Crippen LogP contribution in [-0.4, -0.2) is 19.3 Å². The first kappa shape index (κ1) is 10.7. The van der Waals surface area contributed by atoms with Gasteiger partial charge in [0, 0.05) is 12.6 Å². The molecule has 1 unspecified atom stereocenters. The lowest BCUT2D eigenvalue weighted by atomic mass is 9.95. The quantitative estimate of drug-likeness (QED) is 0.524. The molecule has 0 heterocycles. The molecule has 0 bridgehead atoms. The first-order valence-corrected chi connectivity index (χ1v) is 5.37. The van der Waals surface area contributed by atoms with Gasteiger partial charge >= 0.3 is 0 Å². The van der Waals surface area contributed by atoms with E-state index < -0.39 is 0 Å². The van der Waals surface area contributed by atoms with E-state index in [1.54, 1.807) is 0 Å². The van der Waals surface area contributed by atoms with Crippen LogP contribution in [-0.2, 0) is 4.74 Å². The van der Waals surface area contributed by atoms with Crippen molar-refractivity contribution in [1.29, 1.82) is 0 Å². The summed E-state index contributed by atoms with van der Waals surface area (Å²) in [6, 6.07) is 0.145. The molecule has 1 aliphatic carbocycles. The fourth-order valence-corrected chi connectivity index (χ4v) is 1.66. The van der Waals surface area contributed by atoms with E-state index in [1.165, 1.54) is 31.3 Å². The summed E-state index contributed by atoms with van der Waals surface area (Å²) in [5.41, 5.74) is 7.40. The maximum Gasteiger partial charge on any atom is 0.0656 e. The zero-order valence-corrected chi connectivity index (χ0v) is 8.59. The van der Waals surface area contributed by atoms with Crippen molar-refractivity contribution in [3.05, 3.63) is 11.6 Å². The summed E-state index contributed by atoms with van der Waals surface area (Å²) in [6.45, 7) is 3.64. The predicted molar refractivity (Wildman–Crippen MR) is 55.6 cm³/mol. The van der Waals surface area contributed by atoms with E-state index in [1.807, 2.05) is 0 Å². The Bertz CT molecular complexity index is 165. The number of ether oxygens (including phenoxy) is 1. The Hall–Kier alpha value is -0.340. The summed E-state index contributed by atoms with van der Waals surface area (Å²) in [5, 5.41) is 0. The fraction of sp³-hybridized carbons (Fsp3) is 0.818. The van der Waals surface area contributed by atoms with E-state index in [-0.39, 0.29) is 6.04 Å². The number of rotatable bonds is 5. The minimum atomic E-state index is 0.145. The summed E-state index contributed by atoms with van der Waals surface area (Å²) in [4.78, 5) is 0. The zero-order valence-electron chi connectivity index (χ0n) is 8.59. The summed E-state index contributed by atoms with van der Waals surface area (Å²) < 4.78 is 5.43. The average Bonchev–Trinajstić information content (AvgIpc) is 2.19. The molecule has 0 aromatic heterocycles. The molecule has 0 aromatic rings. The molecule has 0 saturated heterocycles. The summed E-state index contributed by atoms with van der Waals surface area (Å²) in [7, 11) is 0. The van der Waals surface area contributed by atoms with Gasteiger partial charge in [-0.05, 0) is 32.1 Å². The molecule has 0 amide bonds. The Labute approximate surface area is 81.1 Å². The highest BCUT2D eigenvalue weighted by Gasteiger charge is 2.11. The zero-order chi connectivity index (χ0) is 9.52. The number of hydrogen-bond acceptors (Lipinski definition) is 2. The Morgan fingerprint density at radius 3 is 3.00 bits per heavy atom. The highest BCUT2D eigenvalue weighted by Crippen LogP contribution is 2.19. The molecule has 76 valence electrons. The van der Waals surface area contributed by atoms with Crippen molar-refractivity contribution >= 4 is 0 Å². The van der Waals surface area contributed by atoms with Crippen LogP contribution in [0.4, 0.5) is 0 Å². The van der Waals surface area contributed by atoms with Gasteiger partial charge in [0.25, 0.3) is 0 Å². The van der Waals surface area contributed by atoms with Crippen LogP contribution in [0.25, 0.3) is 0 Å². The van der Waals surface area contributed by atoms with Crippen molar-refractivity contribution in [3.8, 4) is 0 Å². The third-order valence-corrected chi connectivity index (χ3v) is 2.45. The molecular weight excluding hydrogens is 162 g/mol. The Balaban J connectivity index is 2.21. The van der Waals surface area contributed by atoms with Crippen molar-refractivity contribution in [3.63, 3.8) is 0 Å². The van der Waals surface area contributed by atoms with Gasteiger partial charge in [0.2, 0.25) is 0 Å². The maximum absolute atomic E-state index is 6.00. The van der Waals surface area contributed by atoms with Gasteiger partial charge in [-0.2, -0.15) is 0 Å². The molecule has 13 heavy (non-hydrogen) atoms. The van der Waals surface area contributed by atoms with Gasteiger partial charge in [-0.15, -0.1) is 0 Å². The molecule has 2 nitrogen and oxygen atoms in total. The lowest BCUT2D eigenvalue weighted by Crippen LogP contribution is -2.29. The first-order chi connectivity index (χ1) is 6.34. The lowest BCUT2D eigenvalue weighted by molar-refractivity contribution is 0.127. The van der Waals surface area contributed by atoms with Crippen LogP contribution in [0.3, 0.4) is 0 Å². The second-order valence-corrected chi connectivity index (χ2v) is 3.71. The summed E-state index contributed by atoms with van der Waals surface area (Å²) in [5.74, 6) is 0. The van der Waals surface area contributed by atoms with Crippen molar-refractivity contribution in [2.75, 3.05) is 13.2 Å². The van der Waals surface area contributed by atoms with E-state index in [0.29, 0.717) is 6.61 Å². The van der Waals surface area contributed by atoms with E-state index in [0.717, 1.165) is 13.0 Å². The topological polar surface area (TPSA) is 35.2 Å². The largest absolute Gasteiger partial charge is 0.380 e. The van der Waals surface area contributed by atoms with Crippen molar-refractivity contribution < 1.29 is 4.74 Å². The molecule has 1 aliphatic rings. The van der Waals surface area contributed by atoms with Gasteiger partial charge in [-0.25, -0.2) is 0 Å². The van der Waals surface area contributed by atoms with Crippen molar-refractivity contribution in [2.24, 2.45) is 5.73 Å². The van der Waals surface area contributed by atoms with Crippen molar-refractivity contribution in [2.45, 2.75) is 45.1 Å². The van der Waals surface area contributed by atoms with Gasteiger partial charge in [-0.1, -0.05) is 18.6 Å². The molecule has 0 spiro atoms. The first-order valence-electron chi connectivity index (χ1n) is 5.37. The second kappa shape index (κ2) is 6.17. The Kier molecular flexibility index (Phi) is 5.09. The highest BCUT2D eigenvalue weighted by molar-refractivity contribution is 5.12. The van der Waals surface area contributed by atoms with Crippen LogP contribution in [0.2, 0.25) is 0 Å². The third-order valence-electron chi connectivity index (χ3n) is 2.45. The molecule has 0 aliphatic heterocycles. The van der Waals surface area contributed by atoms with Gasteiger partial charge in [0.1, 0.15) is 0 Å². The normalized spacial score (nSPS) is 19.7. The van der Waals surface area contributed by atoms with Crippen LogP contribution in [0.15, 0.2) is 11.6 Å². The number of hydrogen-bond donors (Lipinski definition) is 1. The maximum atomic E-state index is 6.00. The van der Waals surface area contributed by atoms with E-state index in [2.05, 4.69) is 13.0 Å². The van der Waals surface area contributed by atoms with Crippen molar-refractivity contribution in [1.82, 2.24) is 0 Å². The molecule has 2 N–H and O–H groups in total. The Morgan fingerprint density at radius 2 is 2.38 bits per heavy atom.